The predicted octanol–water partition coefficient (Wildman–Crippen LogP) is 1.60. The summed E-state index contributed by atoms with van der Waals surface area (Å²) in [6.45, 7) is 9.41. The van der Waals surface area contributed by atoms with Crippen LogP contribution in [0.4, 0.5) is 0 Å². The van der Waals surface area contributed by atoms with Crippen LogP contribution in [0, 0.1) is 0 Å². The van der Waals surface area contributed by atoms with Gasteiger partial charge in [0.25, 0.3) is 0 Å². The van der Waals surface area contributed by atoms with Crippen molar-refractivity contribution in [1.29, 1.82) is 0 Å². The van der Waals surface area contributed by atoms with E-state index in [9.17, 15) is 4.79 Å². The van der Waals surface area contributed by atoms with Gasteiger partial charge in [0, 0.05) is 25.0 Å². The molecule has 0 rings (SSSR count). The van der Waals surface area contributed by atoms with E-state index < -0.39 is 0 Å². The smallest absolute Gasteiger partial charge is 0.199 e. The lowest BCUT2D eigenvalue weighted by atomic mass is 10.2. The monoisotopic (exact) mass is 156 g/mol. The molecule has 0 saturated carbocycles. The van der Waals surface area contributed by atoms with E-state index in [-0.39, 0.29) is 0 Å². The molecule has 0 saturated heterocycles. The second-order valence-electron chi connectivity index (χ2n) is 3.32. The van der Waals surface area contributed by atoms with E-state index in [1.807, 2.05) is 6.29 Å². The molecular weight excluding hydrogens is 138 g/mol. The number of nitrogens with zero attached hydrogens (tertiary/aromatic N) is 1. The second-order valence-corrected chi connectivity index (χ2v) is 3.32. The largest absolute Gasteiger partial charge is 0.298 e. The summed E-state index contributed by atoms with van der Waals surface area (Å²) in [5, 5.41) is 0. The summed E-state index contributed by atoms with van der Waals surface area (Å²) in [5.74, 6) is 0. The zero-order chi connectivity index (χ0) is 8.85. The maximum atomic E-state index is 10.0. The number of rotatable bonds is 5. The lowest BCUT2D eigenvalue weighted by Crippen LogP contribution is -2.37. The van der Waals surface area contributed by atoms with Crippen LogP contribution in [0.25, 0.3) is 0 Å². The van der Waals surface area contributed by atoms with Crippen LogP contribution in [0.3, 0.4) is 0 Å². The third kappa shape index (κ3) is 4.14. The topological polar surface area (TPSA) is 20.3 Å². The molecule has 0 unspecified atom stereocenters. The van der Waals surface area contributed by atoms with Gasteiger partial charge >= 0.3 is 0 Å². The van der Waals surface area contributed by atoms with Crippen molar-refractivity contribution in [2.24, 2.45) is 0 Å². The van der Waals surface area contributed by atoms with E-state index in [0.717, 1.165) is 6.54 Å². The second kappa shape index (κ2) is 5.30. The fourth-order valence-electron chi connectivity index (χ4n) is 1.29. The molecule has 0 aliphatic heterocycles. The van der Waals surface area contributed by atoms with Crippen LogP contribution in [0.15, 0.2) is 0 Å². The minimum absolute atomic E-state index is 0.517. The molecule has 1 radical (unpaired) electrons. The molecule has 0 aromatic rings. The van der Waals surface area contributed by atoms with Crippen molar-refractivity contribution in [1.82, 2.24) is 4.90 Å². The normalized spacial score (nSPS) is 11.5. The van der Waals surface area contributed by atoms with E-state index in [1.165, 1.54) is 0 Å². The summed E-state index contributed by atoms with van der Waals surface area (Å²) in [6, 6.07) is 1.03. The zero-order valence-electron chi connectivity index (χ0n) is 7.92. The van der Waals surface area contributed by atoms with Gasteiger partial charge in [0.05, 0.1) is 0 Å². The molecule has 11 heavy (non-hydrogen) atoms. The quantitative estimate of drug-likeness (QED) is 0.602. The van der Waals surface area contributed by atoms with Gasteiger partial charge in [0.1, 0.15) is 0 Å². The molecule has 0 atom stereocenters. The first kappa shape index (κ1) is 10.6. The van der Waals surface area contributed by atoms with Crippen molar-refractivity contribution in [2.45, 2.75) is 46.2 Å². The Hall–Kier alpha value is -0.370. The first-order valence-corrected chi connectivity index (χ1v) is 4.20. The first-order chi connectivity index (χ1) is 5.09. The van der Waals surface area contributed by atoms with Crippen molar-refractivity contribution in [3.63, 3.8) is 0 Å². The molecule has 65 valence electrons. The Kier molecular flexibility index (Phi) is 5.12. The molecule has 2 heteroatoms. The Bertz CT molecular complexity index is 102. The molecule has 2 nitrogen and oxygen atoms in total. The Labute approximate surface area is 69.6 Å². The third-order valence-electron chi connectivity index (χ3n) is 1.80. The molecule has 0 spiro atoms. The summed E-state index contributed by atoms with van der Waals surface area (Å²) in [5.41, 5.74) is 0. The van der Waals surface area contributed by atoms with Crippen LogP contribution in [-0.4, -0.2) is 29.8 Å². The van der Waals surface area contributed by atoms with E-state index in [1.54, 1.807) is 0 Å². The van der Waals surface area contributed by atoms with Crippen LogP contribution < -0.4 is 0 Å². The minimum atomic E-state index is 0.517. The lowest BCUT2D eigenvalue weighted by molar-refractivity contribution is 0.180. The highest BCUT2D eigenvalue weighted by Crippen LogP contribution is 2.04. The fraction of sp³-hybridized carbons (Fsp3) is 0.889. The van der Waals surface area contributed by atoms with Gasteiger partial charge in [-0.15, -0.1) is 0 Å². The van der Waals surface area contributed by atoms with Crippen LogP contribution in [-0.2, 0) is 4.79 Å². The van der Waals surface area contributed by atoms with E-state index >= 15 is 0 Å². The van der Waals surface area contributed by atoms with Gasteiger partial charge in [0.2, 0.25) is 0 Å². The molecule has 0 fully saturated rings. The predicted molar refractivity (Wildman–Crippen MR) is 47.3 cm³/mol. The van der Waals surface area contributed by atoms with Crippen LogP contribution >= 0.6 is 0 Å². The SMILES string of the molecule is CC(C)N(CC[C]=O)C(C)C. The Balaban J connectivity index is 3.79. The molecule has 0 aliphatic carbocycles. The van der Waals surface area contributed by atoms with Crippen LogP contribution in [0.1, 0.15) is 34.1 Å². The molecule has 0 amide bonds. The van der Waals surface area contributed by atoms with Gasteiger partial charge in [-0.25, -0.2) is 0 Å². The van der Waals surface area contributed by atoms with Gasteiger partial charge in [-0.3, -0.25) is 9.69 Å². The maximum Gasteiger partial charge on any atom is 0.199 e. The Morgan fingerprint density at radius 2 is 1.64 bits per heavy atom. The number of hydrogen-bond donors (Lipinski definition) is 0. The van der Waals surface area contributed by atoms with Gasteiger partial charge < -0.3 is 0 Å². The highest BCUT2D eigenvalue weighted by atomic mass is 16.1. The molecule has 0 aromatic heterocycles. The molecule has 0 aliphatic rings. The van der Waals surface area contributed by atoms with E-state index in [2.05, 4.69) is 32.6 Å². The lowest BCUT2D eigenvalue weighted by Gasteiger charge is -2.29. The average molecular weight is 156 g/mol. The van der Waals surface area contributed by atoms with Crippen molar-refractivity contribution >= 4 is 6.29 Å². The highest BCUT2D eigenvalue weighted by Gasteiger charge is 2.11. The van der Waals surface area contributed by atoms with Crippen molar-refractivity contribution in [3.8, 4) is 0 Å². The summed E-state index contributed by atoms with van der Waals surface area (Å²) in [7, 11) is 0. The summed E-state index contributed by atoms with van der Waals surface area (Å²) < 4.78 is 0. The van der Waals surface area contributed by atoms with E-state index in [0.29, 0.717) is 18.5 Å². The summed E-state index contributed by atoms with van der Waals surface area (Å²) in [4.78, 5) is 12.3. The van der Waals surface area contributed by atoms with Crippen LogP contribution in [0.5, 0.6) is 0 Å². The minimum Gasteiger partial charge on any atom is -0.298 e. The third-order valence-corrected chi connectivity index (χ3v) is 1.80. The molecule has 0 heterocycles. The van der Waals surface area contributed by atoms with Gasteiger partial charge in [-0.05, 0) is 27.7 Å². The Morgan fingerprint density at radius 1 is 1.18 bits per heavy atom. The van der Waals surface area contributed by atoms with Gasteiger partial charge in [-0.2, -0.15) is 0 Å². The molecule has 0 aromatic carbocycles. The van der Waals surface area contributed by atoms with Gasteiger partial charge in [-0.1, -0.05) is 0 Å². The first-order valence-electron chi connectivity index (χ1n) is 4.20. The molecule has 0 N–H and O–H groups in total. The van der Waals surface area contributed by atoms with Crippen molar-refractivity contribution in [3.05, 3.63) is 0 Å². The number of carbonyl (C=O) groups excluding carboxylic acids is 1. The Morgan fingerprint density at radius 3 is 1.91 bits per heavy atom. The standard InChI is InChI=1S/C9H18NO/c1-8(2)10(9(3)4)6-5-7-11/h8-9H,5-6H2,1-4H3. The van der Waals surface area contributed by atoms with Crippen molar-refractivity contribution < 1.29 is 4.79 Å². The highest BCUT2D eigenvalue weighted by molar-refractivity contribution is 5.50. The average Bonchev–Trinajstić information content (AvgIpc) is 1.87. The van der Waals surface area contributed by atoms with Crippen molar-refractivity contribution in [2.75, 3.05) is 6.54 Å². The molecule has 0 bridgehead atoms. The number of hydrogen-bond acceptors (Lipinski definition) is 2. The fourth-order valence-corrected chi connectivity index (χ4v) is 1.29. The van der Waals surface area contributed by atoms with Crippen LogP contribution in [0.2, 0.25) is 0 Å². The molecular formula is C9H18NO. The zero-order valence-corrected chi connectivity index (χ0v) is 7.92. The maximum absolute atomic E-state index is 10.0. The van der Waals surface area contributed by atoms with E-state index in [4.69, 9.17) is 0 Å². The summed E-state index contributed by atoms with van der Waals surface area (Å²) >= 11 is 0. The summed E-state index contributed by atoms with van der Waals surface area (Å²) in [6.07, 6.45) is 2.44. The van der Waals surface area contributed by atoms with Gasteiger partial charge in [0.15, 0.2) is 6.29 Å².